The van der Waals surface area contributed by atoms with Gasteiger partial charge in [0, 0.05) is 25.8 Å². The number of hydrogen-bond acceptors (Lipinski definition) is 8. The van der Waals surface area contributed by atoms with E-state index in [0.717, 1.165) is 12.8 Å². The van der Waals surface area contributed by atoms with E-state index in [4.69, 9.17) is 4.74 Å². The summed E-state index contributed by atoms with van der Waals surface area (Å²) in [5.41, 5.74) is -0.322. The summed E-state index contributed by atoms with van der Waals surface area (Å²) in [7, 11) is -3.49. The summed E-state index contributed by atoms with van der Waals surface area (Å²) in [4.78, 5) is 45.8. The van der Waals surface area contributed by atoms with Crippen molar-refractivity contribution in [2.45, 2.75) is 46.4 Å². The molecule has 2 aliphatic rings. The lowest BCUT2D eigenvalue weighted by atomic mass is 10.2. The number of esters is 1. The predicted molar refractivity (Wildman–Crippen MR) is 120 cm³/mol. The molecular weight excluding hydrogens is 452 g/mol. The minimum Gasteiger partial charge on any atom is -0.454 e. The number of carbonyl (C=O) groups is 1. The third kappa shape index (κ3) is 4.40. The van der Waals surface area contributed by atoms with Crippen molar-refractivity contribution < 1.29 is 17.9 Å². The van der Waals surface area contributed by atoms with Gasteiger partial charge in [0.1, 0.15) is 18.3 Å². The smallest absolute Gasteiger partial charge is 0.340 e. The molecule has 33 heavy (non-hydrogen) atoms. The monoisotopic (exact) mass is 476 g/mol. The van der Waals surface area contributed by atoms with Gasteiger partial charge in [-0.25, -0.2) is 23.0 Å². The first-order valence-corrected chi connectivity index (χ1v) is 12.2. The third-order valence-electron chi connectivity index (χ3n) is 5.41. The summed E-state index contributed by atoms with van der Waals surface area (Å²) in [6, 6.07) is 0. The number of sulfonamides is 1. The van der Waals surface area contributed by atoms with Gasteiger partial charge >= 0.3 is 11.7 Å². The van der Waals surface area contributed by atoms with Crippen LogP contribution in [0.2, 0.25) is 0 Å². The van der Waals surface area contributed by atoms with Crippen LogP contribution in [-0.2, 0) is 39.3 Å². The zero-order valence-electron chi connectivity index (χ0n) is 18.3. The Kier molecular flexibility index (Phi) is 6.06. The molecule has 4 heterocycles. The Morgan fingerprint density at radius 1 is 1.21 bits per heavy atom. The van der Waals surface area contributed by atoms with E-state index in [1.807, 2.05) is 13.8 Å². The lowest BCUT2D eigenvalue weighted by Crippen LogP contribution is -2.37. The Morgan fingerprint density at radius 2 is 2.00 bits per heavy atom. The van der Waals surface area contributed by atoms with Crippen LogP contribution in [0.4, 0.5) is 0 Å². The predicted octanol–water partition coefficient (Wildman–Crippen LogP) is 0.247. The molecule has 13 heteroatoms. The Bertz CT molecular complexity index is 1430. The second-order valence-corrected chi connectivity index (χ2v) is 9.39. The molecular formula is C20H24N6O6S. The Labute approximate surface area is 188 Å². The van der Waals surface area contributed by atoms with E-state index in [2.05, 4.69) is 14.4 Å². The number of fused-ring (bicyclic) bond motifs is 2. The average Bonchev–Trinajstić information content (AvgIpc) is 3.15. The number of carbonyl (C=O) groups excluding carboxylic acids is 1. The summed E-state index contributed by atoms with van der Waals surface area (Å²) >= 11 is 0. The number of nitrogens with one attached hydrogen (secondary N) is 1. The molecule has 0 atom stereocenters. The van der Waals surface area contributed by atoms with Crippen molar-refractivity contribution in [1.82, 2.24) is 24.0 Å². The standard InChI is InChI=1S/C20H24N6O6S/c1-3-5-8-26-17-16(18(27)22-20(26)29)25(4-2)15(21-17)12-32-19(28)13-6-7-14-23-33(30,31)10-9-24(14)11-13/h6-7,11H,3-5,8-10,12H2,1-2H3,(H,22,27,29). The van der Waals surface area contributed by atoms with Gasteiger partial charge in [-0.1, -0.05) is 13.3 Å². The molecule has 2 aromatic rings. The van der Waals surface area contributed by atoms with Crippen molar-refractivity contribution in [2.24, 2.45) is 4.40 Å². The maximum Gasteiger partial charge on any atom is 0.340 e. The summed E-state index contributed by atoms with van der Waals surface area (Å²) in [6.07, 6.45) is 5.98. The molecule has 0 aliphatic carbocycles. The molecule has 0 amide bonds. The van der Waals surface area contributed by atoms with Gasteiger partial charge in [0.05, 0.1) is 11.3 Å². The first kappa shape index (κ1) is 22.7. The van der Waals surface area contributed by atoms with Gasteiger partial charge in [0.25, 0.3) is 15.6 Å². The molecule has 0 fully saturated rings. The molecule has 0 saturated carbocycles. The van der Waals surface area contributed by atoms with Crippen molar-refractivity contribution in [3.63, 3.8) is 0 Å². The first-order valence-electron chi connectivity index (χ1n) is 10.6. The van der Waals surface area contributed by atoms with E-state index < -0.39 is 27.2 Å². The highest BCUT2D eigenvalue weighted by Gasteiger charge is 2.26. The number of aryl methyl sites for hydroxylation is 2. The molecule has 0 saturated heterocycles. The molecule has 0 radical (unpaired) electrons. The van der Waals surface area contributed by atoms with Crippen molar-refractivity contribution >= 4 is 33.0 Å². The Hall–Kier alpha value is -3.48. The van der Waals surface area contributed by atoms with Crippen LogP contribution >= 0.6 is 0 Å². The Balaban J connectivity index is 1.59. The lowest BCUT2D eigenvalue weighted by Gasteiger charge is -2.26. The fourth-order valence-electron chi connectivity index (χ4n) is 3.73. The molecule has 4 rings (SSSR count). The van der Waals surface area contributed by atoms with Crippen molar-refractivity contribution in [3.05, 3.63) is 50.6 Å². The lowest BCUT2D eigenvalue weighted by molar-refractivity contribution is -0.140. The number of aromatic amines is 1. The summed E-state index contributed by atoms with van der Waals surface area (Å²) in [5, 5.41) is 0. The summed E-state index contributed by atoms with van der Waals surface area (Å²) < 4.78 is 35.4. The van der Waals surface area contributed by atoms with Crippen LogP contribution in [0.5, 0.6) is 0 Å². The van der Waals surface area contributed by atoms with Crippen molar-refractivity contribution in [3.8, 4) is 0 Å². The molecule has 0 aromatic carbocycles. The van der Waals surface area contributed by atoms with Crippen LogP contribution < -0.4 is 11.2 Å². The van der Waals surface area contributed by atoms with Crippen LogP contribution in [0, 0.1) is 0 Å². The number of H-pyrrole nitrogens is 1. The van der Waals surface area contributed by atoms with Crippen LogP contribution in [0.15, 0.2) is 37.9 Å². The van der Waals surface area contributed by atoms with Gasteiger partial charge in [-0.05, 0) is 25.5 Å². The molecule has 12 nitrogen and oxygen atoms in total. The van der Waals surface area contributed by atoms with E-state index in [1.54, 1.807) is 9.47 Å². The minimum absolute atomic E-state index is 0.141. The second-order valence-electron chi connectivity index (χ2n) is 7.63. The number of unbranched alkanes of at least 4 members (excludes halogenated alkanes) is 1. The molecule has 2 aliphatic heterocycles. The second kappa shape index (κ2) is 8.81. The maximum absolute atomic E-state index is 12.6. The van der Waals surface area contributed by atoms with Gasteiger partial charge < -0.3 is 14.2 Å². The van der Waals surface area contributed by atoms with E-state index in [9.17, 15) is 22.8 Å². The zero-order valence-corrected chi connectivity index (χ0v) is 19.1. The summed E-state index contributed by atoms with van der Waals surface area (Å²) in [6.45, 7) is 4.61. The highest BCUT2D eigenvalue weighted by molar-refractivity contribution is 7.90. The largest absolute Gasteiger partial charge is 0.454 e. The first-order chi connectivity index (χ1) is 15.7. The van der Waals surface area contributed by atoms with Crippen LogP contribution in [0.1, 0.15) is 32.5 Å². The maximum atomic E-state index is 12.6. The molecule has 0 bridgehead atoms. The molecule has 176 valence electrons. The number of rotatable bonds is 7. The van der Waals surface area contributed by atoms with Crippen LogP contribution in [-0.4, -0.2) is 56.5 Å². The van der Waals surface area contributed by atoms with Crippen LogP contribution in [0.25, 0.3) is 11.2 Å². The normalized spacial score (nSPS) is 17.0. The average molecular weight is 477 g/mol. The van der Waals surface area contributed by atoms with Gasteiger partial charge in [-0.2, -0.15) is 0 Å². The number of hydrogen-bond donors (Lipinski definition) is 1. The SMILES string of the molecule is CCCCn1c(=O)[nH]c(=O)c2c1nc(COC(=O)C1=CN3CCS(=O)(=O)N=C3C=C1)n2CC. The summed E-state index contributed by atoms with van der Waals surface area (Å²) in [5.74, 6) is -0.188. The number of nitrogens with zero attached hydrogens (tertiary/aromatic N) is 5. The Morgan fingerprint density at radius 3 is 2.73 bits per heavy atom. The molecule has 0 unspecified atom stereocenters. The topological polar surface area (TPSA) is 149 Å². The highest BCUT2D eigenvalue weighted by Crippen LogP contribution is 2.18. The van der Waals surface area contributed by atoms with Gasteiger partial charge in [-0.3, -0.25) is 14.3 Å². The number of imidazole rings is 1. The van der Waals surface area contributed by atoms with E-state index in [1.165, 1.54) is 22.9 Å². The van der Waals surface area contributed by atoms with Crippen molar-refractivity contribution in [1.29, 1.82) is 0 Å². The third-order valence-corrected chi connectivity index (χ3v) is 6.57. The number of amidine groups is 1. The van der Waals surface area contributed by atoms with Gasteiger partial charge in [0.15, 0.2) is 11.2 Å². The van der Waals surface area contributed by atoms with Gasteiger partial charge in [-0.15, -0.1) is 4.40 Å². The van der Waals surface area contributed by atoms with E-state index in [0.29, 0.717) is 18.9 Å². The van der Waals surface area contributed by atoms with Crippen molar-refractivity contribution in [2.75, 3.05) is 12.3 Å². The minimum atomic E-state index is -3.49. The van der Waals surface area contributed by atoms with E-state index in [-0.39, 0.29) is 41.5 Å². The van der Waals surface area contributed by atoms with Crippen LogP contribution in [0.3, 0.4) is 0 Å². The zero-order chi connectivity index (χ0) is 23.8. The fraction of sp³-hybridized carbons (Fsp3) is 0.450. The molecule has 2 aromatic heterocycles. The molecule has 0 spiro atoms. The van der Waals surface area contributed by atoms with E-state index >= 15 is 0 Å². The molecule has 1 N–H and O–H groups in total. The van der Waals surface area contributed by atoms with Gasteiger partial charge in [0.2, 0.25) is 0 Å². The fourth-order valence-corrected chi connectivity index (χ4v) is 4.70. The highest BCUT2D eigenvalue weighted by atomic mass is 32.2. The number of ether oxygens (including phenoxy) is 1. The number of aromatic nitrogens is 4. The quantitative estimate of drug-likeness (QED) is 0.559.